The summed E-state index contributed by atoms with van der Waals surface area (Å²) in [5.74, 6) is 1.71. The first-order valence-electron chi connectivity index (χ1n) is 2.85. The number of allylic oxidation sites excluding steroid dienone is 2. The van der Waals surface area contributed by atoms with Gasteiger partial charge >= 0.3 is 0 Å². The van der Waals surface area contributed by atoms with Gasteiger partial charge in [-0.2, -0.15) is 0 Å². The summed E-state index contributed by atoms with van der Waals surface area (Å²) in [6.45, 7) is 2.12. The number of hydrogen-bond donors (Lipinski definition) is 0. The van der Waals surface area contributed by atoms with Gasteiger partial charge in [-0.15, -0.1) is 23.4 Å². The number of rotatable bonds is 1. The summed E-state index contributed by atoms with van der Waals surface area (Å²) in [7, 11) is 2.07. The summed E-state index contributed by atoms with van der Waals surface area (Å²) in [6, 6.07) is 0. The normalized spacial score (nSPS) is 19.7. The van der Waals surface area contributed by atoms with Crippen LogP contribution in [-0.2, 0) is 0 Å². The van der Waals surface area contributed by atoms with Gasteiger partial charge in [-0.1, -0.05) is 0 Å². The van der Waals surface area contributed by atoms with Gasteiger partial charge < -0.3 is 4.90 Å². The molecule has 0 saturated carbocycles. The molecule has 9 heavy (non-hydrogen) atoms. The molecule has 0 unspecified atom stereocenters. The predicted molar refractivity (Wildman–Crippen MR) is 43.6 cm³/mol. The van der Waals surface area contributed by atoms with Crippen LogP contribution in [0.4, 0.5) is 0 Å². The Morgan fingerprint density at radius 2 is 2.44 bits per heavy atom. The van der Waals surface area contributed by atoms with E-state index >= 15 is 0 Å². The third kappa shape index (κ3) is 1.36. The summed E-state index contributed by atoms with van der Waals surface area (Å²) in [5, 5.41) is 0. The first-order valence-corrected chi connectivity index (χ1v) is 4.37. The van der Waals surface area contributed by atoms with E-state index in [-0.39, 0.29) is 0 Å². The van der Waals surface area contributed by atoms with Gasteiger partial charge in [0.2, 0.25) is 0 Å². The molecule has 0 radical (unpaired) electrons. The Morgan fingerprint density at radius 3 is 2.67 bits per heavy atom. The van der Waals surface area contributed by atoms with Crippen LogP contribution in [0.25, 0.3) is 0 Å². The summed E-state index contributed by atoms with van der Waals surface area (Å²) < 4.78 is 0. The van der Waals surface area contributed by atoms with Crippen LogP contribution >= 0.6 is 23.4 Å². The van der Waals surface area contributed by atoms with Gasteiger partial charge in [-0.25, -0.2) is 0 Å². The lowest BCUT2D eigenvalue weighted by molar-refractivity contribution is 0.504. The summed E-state index contributed by atoms with van der Waals surface area (Å²) in [5.41, 5.74) is 1.28. The molecule has 3 heteroatoms. The number of nitrogens with zero attached hydrogens (tertiary/aromatic N) is 1. The Morgan fingerprint density at radius 1 is 1.78 bits per heavy atom. The van der Waals surface area contributed by atoms with Gasteiger partial charge in [-0.3, -0.25) is 0 Å². The zero-order chi connectivity index (χ0) is 6.85. The maximum Gasteiger partial charge on any atom is 0.0677 e. The van der Waals surface area contributed by atoms with E-state index in [9.17, 15) is 0 Å². The maximum atomic E-state index is 5.68. The Hall–Kier alpha value is 0.180. The van der Waals surface area contributed by atoms with Gasteiger partial charge in [0, 0.05) is 17.6 Å². The molecule has 0 aliphatic carbocycles. The first kappa shape index (κ1) is 7.29. The molecule has 0 amide bonds. The van der Waals surface area contributed by atoms with Crippen LogP contribution in [0.3, 0.4) is 0 Å². The molecule has 0 aromatic carbocycles. The quantitative estimate of drug-likeness (QED) is 0.545. The molecule has 1 aliphatic rings. The van der Waals surface area contributed by atoms with Crippen molar-refractivity contribution in [3.8, 4) is 0 Å². The minimum atomic E-state index is 0.648. The first-order chi connectivity index (χ1) is 4.25. The van der Waals surface area contributed by atoms with Gasteiger partial charge in [-0.05, 0) is 6.92 Å². The lowest BCUT2D eigenvalue weighted by Gasteiger charge is -2.11. The fraction of sp³-hybridized carbons (Fsp3) is 0.667. The third-order valence-electron chi connectivity index (χ3n) is 1.47. The molecule has 1 rings (SSSR count). The highest BCUT2D eigenvalue weighted by molar-refractivity contribution is 8.03. The molecule has 1 aliphatic heterocycles. The van der Waals surface area contributed by atoms with E-state index in [4.69, 9.17) is 11.6 Å². The summed E-state index contributed by atoms with van der Waals surface area (Å²) in [4.78, 5) is 3.56. The monoisotopic (exact) mass is 163 g/mol. The fourth-order valence-electron chi connectivity index (χ4n) is 0.820. The molecule has 0 spiro atoms. The Kier molecular flexibility index (Phi) is 2.30. The minimum Gasteiger partial charge on any atom is -0.367 e. The van der Waals surface area contributed by atoms with Crippen LogP contribution in [0.5, 0.6) is 0 Å². The molecular formula is C6H10ClNS. The topological polar surface area (TPSA) is 3.24 Å². The predicted octanol–water partition coefficient (Wildman–Crippen LogP) is 2.09. The van der Waals surface area contributed by atoms with Crippen LogP contribution in [0.1, 0.15) is 6.92 Å². The summed E-state index contributed by atoms with van der Waals surface area (Å²) in [6.07, 6.45) is 0. The average Bonchev–Trinajstić information content (AvgIpc) is 2.12. The molecule has 0 fully saturated rings. The van der Waals surface area contributed by atoms with E-state index < -0.39 is 0 Å². The molecule has 0 aromatic heterocycles. The van der Waals surface area contributed by atoms with Crippen LogP contribution in [0.2, 0.25) is 0 Å². The van der Waals surface area contributed by atoms with Crippen molar-refractivity contribution in [2.45, 2.75) is 6.92 Å². The van der Waals surface area contributed by atoms with Gasteiger partial charge in [0.15, 0.2) is 0 Å². The van der Waals surface area contributed by atoms with Crippen molar-refractivity contribution in [2.24, 2.45) is 0 Å². The molecule has 0 atom stereocenters. The Labute approximate surface area is 65.1 Å². The number of halogens is 1. The lowest BCUT2D eigenvalue weighted by Crippen LogP contribution is -2.12. The Bertz CT molecular complexity index is 144. The van der Waals surface area contributed by atoms with E-state index in [0.717, 1.165) is 5.88 Å². The van der Waals surface area contributed by atoms with E-state index in [1.807, 2.05) is 11.8 Å². The number of alkyl halides is 1. The highest BCUT2D eigenvalue weighted by Crippen LogP contribution is 2.30. The van der Waals surface area contributed by atoms with Gasteiger partial charge in [0.1, 0.15) is 0 Å². The smallest absolute Gasteiger partial charge is 0.0677 e. The highest BCUT2D eigenvalue weighted by atomic mass is 35.5. The standard InChI is InChI=1S/C6H10ClNS/c1-5-6(3-7)8(2)4-9-5/h3-4H2,1-2H3. The second-order valence-corrected chi connectivity index (χ2v) is 3.53. The molecule has 1 nitrogen and oxygen atoms in total. The third-order valence-corrected chi connectivity index (χ3v) is 2.91. The molecule has 0 bridgehead atoms. The van der Waals surface area contributed by atoms with Gasteiger partial charge in [0.25, 0.3) is 0 Å². The van der Waals surface area contributed by atoms with Crippen molar-refractivity contribution in [3.63, 3.8) is 0 Å². The largest absolute Gasteiger partial charge is 0.367 e. The molecule has 0 saturated heterocycles. The SMILES string of the molecule is CC1=C(CCl)N(C)CS1. The minimum absolute atomic E-state index is 0.648. The van der Waals surface area contributed by atoms with Crippen molar-refractivity contribution in [1.29, 1.82) is 0 Å². The molecular weight excluding hydrogens is 154 g/mol. The van der Waals surface area contributed by atoms with Crippen molar-refractivity contribution >= 4 is 23.4 Å². The van der Waals surface area contributed by atoms with Crippen LogP contribution in [0, 0.1) is 0 Å². The maximum absolute atomic E-state index is 5.68. The average molecular weight is 164 g/mol. The molecule has 0 N–H and O–H groups in total. The van der Waals surface area contributed by atoms with Crippen molar-refractivity contribution in [2.75, 3.05) is 18.8 Å². The number of hydrogen-bond acceptors (Lipinski definition) is 2. The second kappa shape index (κ2) is 2.84. The lowest BCUT2D eigenvalue weighted by atomic mass is 10.4. The van der Waals surface area contributed by atoms with Crippen LogP contribution < -0.4 is 0 Å². The zero-order valence-electron chi connectivity index (χ0n) is 5.65. The van der Waals surface area contributed by atoms with Crippen LogP contribution in [-0.4, -0.2) is 23.7 Å². The van der Waals surface area contributed by atoms with E-state index in [1.165, 1.54) is 10.6 Å². The molecule has 0 aromatic rings. The Balaban J connectivity index is 2.69. The molecule has 52 valence electrons. The van der Waals surface area contributed by atoms with Crippen molar-refractivity contribution in [1.82, 2.24) is 4.90 Å². The fourth-order valence-corrected chi connectivity index (χ4v) is 2.24. The van der Waals surface area contributed by atoms with E-state index in [2.05, 4.69) is 18.9 Å². The second-order valence-electron chi connectivity index (χ2n) is 2.11. The van der Waals surface area contributed by atoms with E-state index in [0.29, 0.717) is 5.88 Å². The molecule has 1 heterocycles. The zero-order valence-corrected chi connectivity index (χ0v) is 7.22. The van der Waals surface area contributed by atoms with Crippen molar-refractivity contribution in [3.05, 3.63) is 10.6 Å². The highest BCUT2D eigenvalue weighted by Gasteiger charge is 2.14. The number of thioether (sulfide) groups is 1. The van der Waals surface area contributed by atoms with Crippen molar-refractivity contribution < 1.29 is 0 Å². The van der Waals surface area contributed by atoms with E-state index in [1.54, 1.807) is 0 Å². The van der Waals surface area contributed by atoms with Crippen LogP contribution in [0.15, 0.2) is 10.6 Å². The summed E-state index contributed by atoms with van der Waals surface area (Å²) >= 11 is 7.54. The van der Waals surface area contributed by atoms with Gasteiger partial charge in [0.05, 0.1) is 11.8 Å².